The first-order valence-corrected chi connectivity index (χ1v) is 11.2. The van der Waals surface area contributed by atoms with Gasteiger partial charge in [-0.1, -0.05) is 32.0 Å². The fraction of sp³-hybridized carbons (Fsp3) is 0.500. The SMILES string of the molecule is CC(=O)C(CC(C)C)c1cc(-c2ccc(C(F)(F)F)cc2)cc(N2CCCCC2C)c1. The molecule has 0 bridgehead atoms. The van der Waals surface area contributed by atoms with E-state index >= 15 is 0 Å². The zero-order valence-electron chi connectivity index (χ0n) is 18.8. The number of anilines is 1. The number of piperidine rings is 1. The molecule has 168 valence electrons. The zero-order chi connectivity index (χ0) is 22.8. The Morgan fingerprint density at radius 1 is 1.06 bits per heavy atom. The van der Waals surface area contributed by atoms with Crippen LogP contribution in [-0.2, 0) is 11.0 Å². The Kier molecular flexibility index (Phi) is 7.13. The van der Waals surface area contributed by atoms with Gasteiger partial charge in [0.05, 0.1) is 5.56 Å². The van der Waals surface area contributed by atoms with Gasteiger partial charge in [0.15, 0.2) is 0 Å². The molecule has 0 radical (unpaired) electrons. The number of carbonyl (C=O) groups excluding carboxylic acids is 1. The van der Waals surface area contributed by atoms with Gasteiger partial charge in [0, 0.05) is 24.2 Å². The molecule has 0 aliphatic carbocycles. The Balaban J connectivity index is 2.09. The Morgan fingerprint density at radius 3 is 2.29 bits per heavy atom. The standard InChI is InChI=1S/C26H32F3NO/c1-17(2)13-25(19(4)31)22-14-21(20-8-10-23(11-9-20)26(27,28)29)15-24(16-22)30-12-6-5-7-18(30)3/h8-11,14-18,25H,5-7,12-13H2,1-4H3. The van der Waals surface area contributed by atoms with Crippen LogP contribution in [0.1, 0.15) is 70.4 Å². The van der Waals surface area contributed by atoms with Crippen LogP contribution in [0.25, 0.3) is 11.1 Å². The van der Waals surface area contributed by atoms with E-state index in [1.165, 1.54) is 18.6 Å². The first-order valence-electron chi connectivity index (χ1n) is 11.2. The van der Waals surface area contributed by atoms with E-state index in [1.807, 2.05) is 6.07 Å². The molecule has 2 aromatic carbocycles. The number of alkyl halides is 3. The maximum absolute atomic E-state index is 13.0. The van der Waals surface area contributed by atoms with Gasteiger partial charge in [-0.25, -0.2) is 0 Å². The van der Waals surface area contributed by atoms with E-state index in [9.17, 15) is 18.0 Å². The third-order valence-electron chi connectivity index (χ3n) is 6.22. The minimum atomic E-state index is -4.36. The van der Waals surface area contributed by atoms with E-state index < -0.39 is 11.7 Å². The lowest BCUT2D eigenvalue weighted by molar-refractivity contribution is -0.137. The Bertz CT molecular complexity index is 902. The summed E-state index contributed by atoms with van der Waals surface area (Å²) in [5.74, 6) is 0.269. The molecular formula is C26H32F3NO. The molecule has 0 N–H and O–H groups in total. The van der Waals surface area contributed by atoms with Crippen LogP contribution in [-0.4, -0.2) is 18.4 Å². The second kappa shape index (κ2) is 9.46. The van der Waals surface area contributed by atoms with Gasteiger partial charge in [-0.2, -0.15) is 13.2 Å². The summed E-state index contributed by atoms with van der Waals surface area (Å²) >= 11 is 0. The molecule has 0 saturated carbocycles. The summed E-state index contributed by atoms with van der Waals surface area (Å²) in [5, 5.41) is 0. The largest absolute Gasteiger partial charge is 0.416 e. The summed E-state index contributed by atoms with van der Waals surface area (Å²) in [6.45, 7) is 8.99. The normalized spacial score (nSPS) is 18.3. The predicted octanol–water partition coefficient (Wildman–Crippen LogP) is 7.47. The van der Waals surface area contributed by atoms with Crippen molar-refractivity contribution in [1.29, 1.82) is 0 Å². The molecule has 1 aliphatic heterocycles. The van der Waals surface area contributed by atoms with Crippen molar-refractivity contribution < 1.29 is 18.0 Å². The summed E-state index contributed by atoms with van der Waals surface area (Å²) < 4.78 is 39.0. The van der Waals surface area contributed by atoms with E-state index in [-0.39, 0.29) is 11.7 Å². The number of rotatable bonds is 6. The second-order valence-corrected chi connectivity index (χ2v) is 9.22. The quantitative estimate of drug-likeness (QED) is 0.473. The first-order chi connectivity index (χ1) is 14.6. The Morgan fingerprint density at radius 2 is 1.74 bits per heavy atom. The zero-order valence-corrected chi connectivity index (χ0v) is 18.8. The minimum absolute atomic E-state index is 0.121. The van der Waals surface area contributed by atoms with Crippen molar-refractivity contribution >= 4 is 11.5 Å². The summed E-state index contributed by atoms with van der Waals surface area (Å²) in [5.41, 5.74) is 2.93. The molecule has 0 spiro atoms. The second-order valence-electron chi connectivity index (χ2n) is 9.22. The summed E-state index contributed by atoms with van der Waals surface area (Å²) in [7, 11) is 0. The Labute approximate surface area is 183 Å². The highest BCUT2D eigenvalue weighted by Gasteiger charge is 2.30. The van der Waals surface area contributed by atoms with Gasteiger partial charge in [-0.15, -0.1) is 0 Å². The number of Topliss-reactive ketones (excluding diaryl/α,β-unsaturated/α-hetero) is 1. The minimum Gasteiger partial charge on any atom is -0.369 e. The third kappa shape index (κ3) is 5.69. The van der Waals surface area contributed by atoms with Gasteiger partial charge >= 0.3 is 6.18 Å². The molecule has 2 atom stereocenters. The number of halogens is 3. The van der Waals surface area contributed by atoms with Crippen LogP contribution >= 0.6 is 0 Å². The van der Waals surface area contributed by atoms with Crippen molar-refractivity contribution in [3.8, 4) is 11.1 Å². The van der Waals surface area contributed by atoms with E-state index in [0.29, 0.717) is 12.0 Å². The molecule has 0 aromatic heterocycles. The lowest BCUT2D eigenvalue weighted by atomic mass is 9.85. The molecule has 1 heterocycles. The maximum atomic E-state index is 13.0. The van der Waals surface area contributed by atoms with Crippen molar-refractivity contribution in [3.63, 3.8) is 0 Å². The van der Waals surface area contributed by atoms with Crippen LogP contribution < -0.4 is 4.90 Å². The van der Waals surface area contributed by atoms with Gasteiger partial charge in [0.25, 0.3) is 0 Å². The topological polar surface area (TPSA) is 20.3 Å². The lowest BCUT2D eigenvalue weighted by Gasteiger charge is -2.36. The molecule has 5 heteroatoms. The van der Waals surface area contributed by atoms with E-state index in [0.717, 1.165) is 60.3 Å². The lowest BCUT2D eigenvalue weighted by Crippen LogP contribution is -2.37. The van der Waals surface area contributed by atoms with E-state index in [1.54, 1.807) is 6.92 Å². The van der Waals surface area contributed by atoms with Gasteiger partial charge in [0.2, 0.25) is 0 Å². The van der Waals surface area contributed by atoms with Crippen molar-refractivity contribution in [2.75, 3.05) is 11.4 Å². The van der Waals surface area contributed by atoms with Crippen LogP contribution in [0, 0.1) is 5.92 Å². The van der Waals surface area contributed by atoms with Gasteiger partial charge in [0.1, 0.15) is 5.78 Å². The van der Waals surface area contributed by atoms with Crippen molar-refractivity contribution in [3.05, 3.63) is 53.6 Å². The first kappa shape index (κ1) is 23.4. The molecule has 2 nitrogen and oxygen atoms in total. The summed E-state index contributed by atoms with van der Waals surface area (Å²) in [6, 6.07) is 11.8. The molecule has 1 saturated heterocycles. The van der Waals surface area contributed by atoms with Crippen LogP contribution in [0.5, 0.6) is 0 Å². The molecule has 1 aliphatic rings. The number of hydrogen-bond acceptors (Lipinski definition) is 2. The highest BCUT2D eigenvalue weighted by atomic mass is 19.4. The molecular weight excluding hydrogens is 399 g/mol. The fourth-order valence-corrected chi connectivity index (χ4v) is 4.51. The van der Waals surface area contributed by atoms with E-state index in [2.05, 4.69) is 37.8 Å². The molecule has 31 heavy (non-hydrogen) atoms. The number of hydrogen-bond donors (Lipinski definition) is 0. The van der Waals surface area contributed by atoms with Gasteiger partial charge in [-0.05, 0) is 86.4 Å². The smallest absolute Gasteiger partial charge is 0.369 e. The molecule has 3 rings (SSSR count). The number of benzene rings is 2. The third-order valence-corrected chi connectivity index (χ3v) is 6.22. The summed E-state index contributed by atoms with van der Waals surface area (Å²) in [6.07, 6.45) is -0.173. The van der Waals surface area contributed by atoms with Crippen LogP contribution in [0.4, 0.5) is 18.9 Å². The highest BCUT2D eigenvalue weighted by Crippen LogP contribution is 2.36. The number of carbonyl (C=O) groups is 1. The van der Waals surface area contributed by atoms with E-state index in [4.69, 9.17) is 0 Å². The monoisotopic (exact) mass is 431 g/mol. The molecule has 0 amide bonds. The Hall–Kier alpha value is -2.30. The van der Waals surface area contributed by atoms with Crippen LogP contribution in [0.2, 0.25) is 0 Å². The average molecular weight is 432 g/mol. The van der Waals surface area contributed by atoms with Crippen LogP contribution in [0.3, 0.4) is 0 Å². The van der Waals surface area contributed by atoms with Gasteiger partial charge in [-0.3, -0.25) is 4.79 Å². The van der Waals surface area contributed by atoms with Crippen molar-refractivity contribution in [2.24, 2.45) is 5.92 Å². The maximum Gasteiger partial charge on any atom is 0.416 e. The molecule has 2 aromatic rings. The number of ketones is 1. The fourth-order valence-electron chi connectivity index (χ4n) is 4.51. The van der Waals surface area contributed by atoms with Crippen molar-refractivity contribution in [2.45, 2.75) is 71.5 Å². The highest BCUT2D eigenvalue weighted by molar-refractivity contribution is 5.85. The summed E-state index contributed by atoms with van der Waals surface area (Å²) in [4.78, 5) is 14.9. The predicted molar refractivity (Wildman–Crippen MR) is 120 cm³/mol. The molecule has 2 unspecified atom stereocenters. The number of nitrogens with zero attached hydrogens (tertiary/aromatic N) is 1. The van der Waals surface area contributed by atoms with Crippen LogP contribution in [0.15, 0.2) is 42.5 Å². The average Bonchev–Trinajstić information content (AvgIpc) is 2.71. The van der Waals surface area contributed by atoms with Gasteiger partial charge < -0.3 is 4.90 Å². The molecule has 1 fully saturated rings. The van der Waals surface area contributed by atoms with Crippen molar-refractivity contribution in [1.82, 2.24) is 0 Å².